The molecule has 1 heterocycles. The van der Waals surface area contributed by atoms with Gasteiger partial charge in [-0.15, -0.1) is 0 Å². The Labute approximate surface area is 106 Å². The molecular weight excluding hydrogens is 267 g/mol. The van der Waals surface area contributed by atoms with E-state index in [2.05, 4.69) is 42.8 Å². The maximum absolute atomic E-state index is 5.74. The van der Waals surface area contributed by atoms with Crippen molar-refractivity contribution in [1.82, 2.24) is 0 Å². The molecule has 0 aliphatic carbocycles. The number of rotatable bonds is 1. The van der Waals surface area contributed by atoms with Crippen LogP contribution < -0.4 is 5.46 Å². The van der Waals surface area contributed by atoms with Gasteiger partial charge in [-0.2, -0.15) is 0 Å². The quantitative estimate of drug-likeness (QED) is 0.737. The lowest BCUT2D eigenvalue weighted by Gasteiger charge is -2.33. The van der Waals surface area contributed by atoms with Gasteiger partial charge in [0.1, 0.15) is 0 Å². The van der Waals surface area contributed by atoms with E-state index in [1.165, 1.54) is 5.56 Å². The predicted molar refractivity (Wildman–Crippen MR) is 70.0 cm³/mol. The van der Waals surface area contributed by atoms with Crippen LogP contribution in [0.3, 0.4) is 0 Å². The van der Waals surface area contributed by atoms with Crippen molar-refractivity contribution in [2.24, 2.45) is 5.41 Å². The second kappa shape index (κ2) is 4.51. The van der Waals surface area contributed by atoms with E-state index in [9.17, 15) is 0 Å². The summed E-state index contributed by atoms with van der Waals surface area (Å²) in [5, 5.41) is 0. The van der Waals surface area contributed by atoms with Crippen LogP contribution in [-0.2, 0) is 9.31 Å². The first-order valence-corrected chi connectivity index (χ1v) is 6.26. The maximum atomic E-state index is 5.74. The summed E-state index contributed by atoms with van der Waals surface area (Å²) < 4.78 is 12.6. The highest BCUT2D eigenvalue weighted by Gasteiger charge is 2.33. The molecule has 1 aromatic rings. The Kier molecular flexibility index (Phi) is 3.43. The molecule has 0 unspecified atom stereocenters. The number of hydrogen-bond acceptors (Lipinski definition) is 2. The minimum atomic E-state index is -0.208. The van der Waals surface area contributed by atoms with Crippen molar-refractivity contribution in [1.29, 1.82) is 0 Å². The zero-order chi connectivity index (χ0) is 11.8. The Morgan fingerprint density at radius 2 is 1.88 bits per heavy atom. The van der Waals surface area contributed by atoms with Gasteiger partial charge < -0.3 is 9.31 Å². The molecule has 2 nitrogen and oxygen atoms in total. The third-order valence-electron chi connectivity index (χ3n) is 2.71. The van der Waals surface area contributed by atoms with Crippen LogP contribution in [-0.4, -0.2) is 20.3 Å². The molecule has 0 amide bonds. The van der Waals surface area contributed by atoms with Crippen molar-refractivity contribution in [3.63, 3.8) is 0 Å². The minimum absolute atomic E-state index is 0.126. The summed E-state index contributed by atoms with van der Waals surface area (Å²) in [7, 11) is -0.208. The van der Waals surface area contributed by atoms with Crippen molar-refractivity contribution in [3.8, 4) is 0 Å². The summed E-state index contributed by atoms with van der Waals surface area (Å²) in [6.45, 7) is 7.85. The summed E-state index contributed by atoms with van der Waals surface area (Å²) in [6, 6.07) is 6.18. The fourth-order valence-corrected chi connectivity index (χ4v) is 1.95. The normalized spacial score (nSPS) is 19.9. The van der Waals surface area contributed by atoms with E-state index < -0.39 is 0 Å². The first-order valence-electron chi connectivity index (χ1n) is 5.47. The van der Waals surface area contributed by atoms with Crippen molar-refractivity contribution < 1.29 is 9.31 Å². The van der Waals surface area contributed by atoms with Gasteiger partial charge in [0.25, 0.3) is 0 Å². The van der Waals surface area contributed by atoms with Crippen LogP contribution >= 0.6 is 15.9 Å². The average Bonchev–Trinajstić information content (AvgIpc) is 2.22. The Morgan fingerprint density at radius 3 is 2.44 bits per heavy atom. The van der Waals surface area contributed by atoms with E-state index in [4.69, 9.17) is 9.31 Å². The lowest BCUT2D eigenvalue weighted by Crippen LogP contribution is -2.47. The highest BCUT2D eigenvalue weighted by molar-refractivity contribution is 9.10. The smallest absolute Gasteiger partial charge is 0.407 e. The van der Waals surface area contributed by atoms with Gasteiger partial charge in [-0.3, -0.25) is 0 Å². The molecule has 86 valence electrons. The molecule has 1 fully saturated rings. The molecule has 1 aliphatic rings. The van der Waals surface area contributed by atoms with Crippen LogP contribution in [0.15, 0.2) is 22.7 Å². The topological polar surface area (TPSA) is 18.5 Å². The molecule has 0 aromatic heterocycles. The zero-order valence-corrected chi connectivity index (χ0v) is 11.5. The largest absolute Gasteiger partial charge is 0.493 e. The third kappa shape index (κ3) is 2.68. The third-order valence-corrected chi connectivity index (χ3v) is 3.59. The standard InChI is InChI=1S/C12H16BBrO2/c1-9-6-10(4-5-11(9)14)13-15-7-12(2,3)8-16-13/h4-6H,7-8H2,1-3H3. The van der Waals surface area contributed by atoms with Crippen LogP contribution in [0.25, 0.3) is 0 Å². The minimum Gasteiger partial charge on any atom is -0.407 e. The molecule has 1 aromatic carbocycles. The van der Waals surface area contributed by atoms with E-state index in [0.29, 0.717) is 0 Å². The molecule has 0 atom stereocenters. The molecule has 0 saturated carbocycles. The fourth-order valence-electron chi connectivity index (χ4n) is 1.70. The second-order valence-electron chi connectivity index (χ2n) is 5.13. The molecule has 0 spiro atoms. The van der Waals surface area contributed by atoms with Crippen molar-refractivity contribution in [2.45, 2.75) is 20.8 Å². The molecule has 16 heavy (non-hydrogen) atoms. The van der Waals surface area contributed by atoms with Gasteiger partial charge in [0.15, 0.2) is 0 Å². The summed E-state index contributed by atoms with van der Waals surface area (Å²) in [4.78, 5) is 0. The van der Waals surface area contributed by atoms with Gasteiger partial charge in [0, 0.05) is 23.1 Å². The predicted octanol–water partition coefficient (Wildman–Crippen LogP) is 2.53. The Hall–Kier alpha value is -0.315. The van der Waals surface area contributed by atoms with E-state index in [-0.39, 0.29) is 12.5 Å². The number of aryl methyl sites for hydroxylation is 1. The number of hydrogen-bond donors (Lipinski definition) is 0. The van der Waals surface area contributed by atoms with E-state index >= 15 is 0 Å². The second-order valence-corrected chi connectivity index (χ2v) is 5.98. The SMILES string of the molecule is Cc1cc(B2OCC(C)(C)CO2)ccc1Br. The lowest BCUT2D eigenvalue weighted by molar-refractivity contribution is 0.0343. The number of halogens is 1. The Bertz CT molecular complexity index is 383. The Balaban J connectivity index is 2.11. The zero-order valence-electron chi connectivity index (χ0n) is 9.92. The summed E-state index contributed by atoms with van der Waals surface area (Å²) >= 11 is 3.49. The highest BCUT2D eigenvalue weighted by atomic mass is 79.9. The van der Waals surface area contributed by atoms with Crippen LogP contribution in [0.5, 0.6) is 0 Å². The Morgan fingerprint density at radius 1 is 1.25 bits per heavy atom. The van der Waals surface area contributed by atoms with Crippen molar-refractivity contribution >= 4 is 28.5 Å². The lowest BCUT2D eigenvalue weighted by atomic mass is 9.75. The summed E-state index contributed by atoms with van der Waals surface area (Å²) in [6.07, 6.45) is 0. The van der Waals surface area contributed by atoms with Gasteiger partial charge >= 0.3 is 7.12 Å². The molecule has 0 radical (unpaired) electrons. The molecule has 1 saturated heterocycles. The van der Waals surface area contributed by atoms with Gasteiger partial charge in [0.05, 0.1) is 0 Å². The average molecular weight is 283 g/mol. The van der Waals surface area contributed by atoms with Gasteiger partial charge in [-0.05, 0) is 24.0 Å². The molecule has 2 rings (SSSR count). The highest BCUT2D eigenvalue weighted by Crippen LogP contribution is 2.22. The van der Waals surface area contributed by atoms with E-state index in [1.807, 2.05) is 12.1 Å². The molecule has 0 bridgehead atoms. The fraction of sp³-hybridized carbons (Fsp3) is 0.500. The van der Waals surface area contributed by atoms with Gasteiger partial charge in [-0.25, -0.2) is 0 Å². The maximum Gasteiger partial charge on any atom is 0.493 e. The van der Waals surface area contributed by atoms with Gasteiger partial charge in [0.2, 0.25) is 0 Å². The van der Waals surface area contributed by atoms with Crippen LogP contribution in [0.4, 0.5) is 0 Å². The van der Waals surface area contributed by atoms with Crippen LogP contribution in [0, 0.1) is 12.3 Å². The monoisotopic (exact) mass is 282 g/mol. The molecule has 1 aliphatic heterocycles. The van der Waals surface area contributed by atoms with Crippen LogP contribution in [0.2, 0.25) is 0 Å². The van der Waals surface area contributed by atoms with E-state index in [1.54, 1.807) is 0 Å². The van der Waals surface area contributed by atoms with Crippen LogP contribution in [0.1, 0.15) is 19.4 Å². The van der Waals surface area contributed by atoms with Crippen molar-refractivity contribution in [3.05, 3.63) is 28.2 Å². The first kappa shape index (κ1) is 12.2. The summed E-state index contributed by atoms with van der Waals surface area (Å²) in [5.74, 6) is 0. The van der Waals surface area contributed by atoms with Gasteiger partial charge in [-0.1, -0.05) is 41.9 Å². The summed E-state index contributed by atoms with van der Waals surface area (Å²) in [5.41, 5.74) is 2.42. The van der Waals surface area contributed by atoms with Crippen molar-refractivity contribution in [2.75, 3.05) is 13.2 Å². The first-order chi connectivity index (χ1) is 7.48. The molecular formula is C12H16BBrO2. The van der Waals surface area contributed by atoms with E-state index in [0.717, 1.165) is 23.1 Å². The molecule has 0 N–H and O–H groups in total. The number of benzene rings is 1. The molecule has 4 heteroatoms.